The number of carbonyl (C=O) groups is 1. The quantitative estimate of drug-likeness (QED) is 0.666. The lowest BCUT2D eigenvalue weighted by atomic mass is 10.1. The maximum Gasteiger partial charge on any atom is 0.251 e. The van der Waals surface area contributed by atoms with Crippen LogP contribution in [0.3, 0.4) is 0 Å². The van der Waals surface area contributed by atoms with Crippen LogP contribution in [0.5, 0.6) is 0 Å². The van der Waals surface area contributed by atoms with E-state index in [1.54, 1.807) is 0 Å². The minimum Gasteiger partial charge on any atom is -0.385 e. The van der Waals surface area contributed by atoms with Gasteiger partial charge in [0.1, 0.15) is 0 Å². The summed E-state index contributed by atoms with van der Waals surface area (Å²) in [4.78, 5) is 12.1. The van der Waals surface area contributed by atoms with E-state index >= 15 is 0 Å². The van der Waals surface area contributed by atoms with E-state index in [1.807, 2.05) is 25.1 Å². The number of anilines is 1. The van der Waals surface area contributed by atoms with Crippen LogP contribution in [0.2, 0.25) is 0 Å². The predicted molar refractivity (Wildman–Crippen MR) is 86.4 cm³/mol. The van der Waals surface area contributed by atoms with Gasteiger partial charge in [-0.3, -0.25) is 4.79 Å². The highest BCUT2D eigenvalue weighted by Crippen LogP contribution is 2.15. The first-order valence-corrected chi connectivity index (χ1v) is 7.81. The third kappa shape index (κ3) is 5.64. The summed E-state index contributed by atoms with van der Waals surface area (Å²) < 4.78 is 0. The molecule has 0 aliphatic carbocycles. The summed E-state index contributed by atoms with van der Waals surface area (Å²) in [5.74, 6) is 0.0426. The molecule has 0 atom stereocenters. The molecule has 0 bridgehead atoms. The van der Waals surface area contributed by atoms with Gasteiger partial charge in [0.15, 0.2) is 0 Å². The molecule has 0 aliphatic heterocycles. The van der Waals surface area contributed by atoms with Crippen molar-refractivity contribution >= 4 is 11.6 Å². The van der Waals surface area contributed by atoms with E-state index in [0.717, 1.165) is 42.7 Å². The van der Waals surface area contributed by atoms with Crippen LogP contribution in [0.15, 0.2) is 18.2 Å². The molecule has 1 aromatic carbocycles. The van der Waals surface area contributed by atoms with Crippen LogP contribution < -0.4 is 10.6 Å². The Labute approximate surface area is 123 Å². The van der Waals surface area contributed by atoms with Crippen LogP contribution in [0, 0.1) is 6.92 Å². The van der Waals surface area contributed by atoms with Crippen LogP contribution >= 0.6 is 0 Å². The van der Waals surface area contributed by atoms with Gasteiger partial charge in [-0.1, -0.05) is 33.1 Å². The van der Waals surface area contributed by atoms with Crippen LogP contribution in [-0.2, 0) is 0 Å². The molecule has 0 radical (unpaired) electrons. The van der Waals surface area contributed by atoms with E-state index in [9.17, 15) is 4.79 Å². The van der Waals surface area contributed by atoms with Crippen LogP contribution in [0.4, 0.5) is 5.69 Å². The van der Waals surface area contributed by atoms with Gasteiger partial charge in [0, 0.05) is 24.3 Å². The van der Waals surface area contributed by atoms with Gasteiger partial charge in [-0.15, -0.1) is 0 Å². The highest BCUT2D eigenvalue weighted by Gasteiger charge is 2.08. The first-order chi connectivity index (χ1) is 9.69. The minimum absolute atomic E-state index is 0.0426. The molecule has 0 unspecified atom stereocenters. The fourth-order valence-corrected chi connectivity index (χ4v) is 2.15. The van der Waals surface area contributed by atoms with Crippen molar-refractivity contribution in [2.45, 2.75) is 52.9 Å². The van der Waals surface area contributed by atoms with Gasteiger partial charge < -0.3 is 10.6 Å². The number of hydrogen-bond acceptors (Lipinski definition) is 2. The Hall–Kier alpha value is -1.51. The van der Waals surface area contributed by atoms with E-state index in [4.69, 9.17) is 0 Å². The molecule has 1 amide bonds. The van der Waals surface area contributed by atoms with Gasteiger partial charge in [0.05, 0.1) is 0 Å². The van der Waals surface area contributed by atoms with Crippen molar-refractivity contribution in [3.63, 3.8) is 0 Å². The van der Waals surface area contributed by atoms with Crippen molar-refractivity contribution in [3.8, 4) is 0 Å². The monoisotopic (exact) mass is 276 g/mol. The molecular formula is C17H28N2O. The zero-order chi connectivity index (χ0) is 14.8. The number of benzene rings is 1. The van der Waals surface area contributed by atoms with Gasteiger partial charge in [-0.25, -0.2) is 0 Å². The van der Waals surface area contributed by atoms with Crippen LogP contribution in [0.25, 0.3) is 0 Å². The minimum atomic E-state index is 0.0426. The lowest BCUT2D eigenvalue weighted by Crippen LogP contribution is -2.25. The van der Waals surface area contributed by atoms with Crippen molar-refractivity contribution in [3.05, 3.63) is 29.3 Å². The van der Waals surface area contributed by atoms with Gasteiger partial charge in [0.2, 0.25) is 0 Å². The number of amides is 1. The maximum atomic E-state index is 12.1. The van der Waals surface area contributed by atoms with Gasteiger partial charge in [0.25, 0.3) is 5.91 Å². The number of carbonyl (C=O) groups excluding carboxylic acids is 1. The number of unbranched alkanes of at least 4 members (excludes halogenated alkanes) is 3. The lowest BCUT2D eigenvalue weighted by molar-refractivity contribution is 0.0952. The van der Waals surface area contributed by atoms with Gasteiger partial charge in [-0.2, -0.15) is 0 Å². The van der Waals surface area contributed by atoms with Crippen LogP contribution in [-0.4, -0.2) is 19.0 Å². The fraction of sp³-hybridized carbons (Fsp3) is 0.588. The largest absolute Gasteiger partial charge is 0.385 e. The summed E-state index contributed by atoms with van der Waals surface area (Å²) in [7, 11) is 0. The second-order valence-electron chi connectivity index (χ2n) is 5.27. The summed E-state index contributed by atoms with van der Waals surface area (Å²) in [6, 6.07) is 5.94. The van der Waals surface area contributed by atoms with E-state index in [1.165, 1.54) is 19.3 Å². The predicted octanol–water partition coefficient (Wildman–Crippen LogP) is 4.13. The molecule has 3 nitrogen and oxygen atoms in total. The Bertz CT molecular complexity index is 415. The van der Waals surface area contributed by atoms with E-state index in [0.29, 0.717) is 0 Å². The molecule has 0 saturated carbocycles. The standard InChI is InChI=1S/C17H28N2O/c1-4-6-7-8-12-19-17(20)16-10-9-15(13-14(16)3)18-11-5-2/h9-10,13,18H,4-8,11-12H2,1-3H3,(H,19,20). The summed E-state index contributed by atoms with van der Waals surface area (Å²) in [6.07, 6.45) is 5.81. The van der Waals surface area contributed by atoms with Gasteiger partial charge >= 0.3 is 0 Å². The Morgan fingerprint density at radius 2 is 1.85 bits per heavy atom. The normalized spacial score (nSPS) is 10.3. The van der Waals surface area contributed by atoms with E-state index in [2.05, 4.69) is 24.5 Å². The SMILES string of the molecule is CCCCCCNC(=O)c1ccc(NCCC)cc1C. The van der Waals surface area contributed by atoms with Crippen molar-refractivity contribution in [1.82, 2.24) is 5.32 Å². The Balaban J connectivity index is 2.47. The molecule has 0 aliphatic rings. The number of nitrogens with one attached hydrogen (secondary N) is 2. The van der Waals surface area contributed by atoms with E-state index in [-0.39, 0.29) is 5.91 Å². The summed E-state index contributed by atoms with van der Waals surface area (Å²) in [6.45, 7) is 8.05. The average Bonchev–Trinajstić information content (AvgIpc) is 2.44. The topological polar surface area (TPSA) is 41.1 Å². The number of hydrogen-bond donors (Lipinski definition) is 2. The smallest absolute Gasteiger partial charge is 0.251 e. The molecule has 1 rings (SSSR count). The average molecular weight is 276 g/mol. The van der Waals surface area contributed by atoms with Crippen molar-refractivity contribution < 1.29 is 4.79 Å². The molecule has 3 heteroatoms. The summed E-state index contributed by atoms with van der Waals surface area (Å²) in [5, 5.41) is 6.34. The second kappa shape index (κ2) is 9.40. The molecule has 1 aromatic rings. The second-order valence-corrected chi connectivity index (χ2v) is 5.27. The highest BCUT2D eigenvalue weighted by molar-refractivity contribution is 5.96. The molecule has 0 fully saturated rings. The van der Waals surface area contributed by atoms with E-state index < -0.39 is 0 Å². The Morgan fingerprint density at radius 3 is 2.50 bits per heavy atom. The lowest BCUT2D eigenvalue weighted by Gasteiger charge is -2.10. The summed E-state index contributed by atoms with van der Waals surface area (Å²) >= 11 is 0. The molecule has 0 heterocycles. The fourth-order valence-electron chi connectivity index (χ4n) is 2.15. The zero-order valence-electron chi connectivity index (χ0n) is 13.1. The molecule has 20 heavy (non-hydrogen) atoms. The number of aryl methyl sites for hydroxylation is 1. The Morgan fingerprint density at radius 1 is 1.05 bits per heavy atom. The molecule has 112 valence electrons. The third-order valence-electron chi connectivity index (χ3n) is 3.37. The first kappa shape index (κ1) is 16.5. The van der Waals surface area contributed by atoms with Crippen molar-refractivity contribution in [1.29, 1.82) is 0 Å². The summed E-state index contributed by atoms with van der Waals surface area (Å²) in [5.41, 5.74) is 2.89. The molecule has 0 saturated heterocycles. The van der Waals surface area contributed by atoms with Gasteiger partial charge in [-0.05, 0) is 43.5 Å². The highest BCUT2D eigenvalue weighted by atomic mass is 16.1. The maximum absolute atomic E-state index is 12.1. The molecular weight excluding hydrogens is 248 g/mol. The zero-order valence-corrected chi connectivity index (χ0v) is 13.1. The van der Waals surface area contributed by atoms with Crippen molar-refractivity contribution in [2.24, 2.45) is 0 Å². The van der Waals surface area contributed by atoms with Crippen LogP contribution in [0.1, 0.15) is 61.9 Å². The number of rotatable bonds is 9. The third-order valence-corrected chi connectivity index (χ3v) is 3.37. The molecule has 2 N–H and O–H groups in total. The molecule has 0 spiro atoms. The first-order valence-electron chi connectivity index (χ1n) is 7.81. The van der Waals surface area contributed by atoms with Crippen molar-refractivity contribution in [2.75, 3.05) is 18.4 Å². The molecule has 0 aromatic heterocycles. The Kier molecular flexibility index (Phi) is 7.78.